The van der Waals surface area contributed by atoms with Crippen molar-refractivity contribution in [1.82, 2.24) is 4.98 Å². The number of halogens is 2. The zero-order valence-electron chi connectivity index (χ0n) is 11.5. The largest absolute Gasteiger partial charge is 0.388 e. The van der Waals surface area contributed by atoms with Crippen LogP contribution in [0.4, 0.5) is 0 Å². The number of hydrogen-bond donors (Lipinski definition) is 1. The van der Waals surface area contributed by atoms with Gasteiger partial charge in [0.05, 0.1) is 6.10 Å². The van der Waals surface area contributed by atoms with Crippen LogP contribution in [-0.2, 0) is 6.42 Å². The van der Waals surface area contributed by atoms with E-state index in [4.69, 9.17) is 23.2 Å². The molecule has 0 saturated heterocycles. The number of pyridine rings is 1. The van der Waals surface area contributed by atoms with Gasteiger partial charge in [-0.05, 0) is 30.2 Å². The molecule has 2 rings (SSSR count). The molecule has 0 aliphatic rings. The summed E-state index contributed by atoms with van der Waals surface area (Å²) in [7, 11) is 0. The number of nitrogens with zero attached hydrogens (tertiary/aromatic N) is 1. The fraction of sp³-hybridized carbons (Fsp3) is 0.312. The lowest BCUT2D eigenvalue weighted by atomic mass is 9.89. The molecule has 20 heavy (non-hydrogen) atoms. The first kappa shape index (κ1) is 15.3. The highest BCUT2D eigenvalue weighted by molar-refractivity contribution is 6.35. The van der Waals surface area contributed by atoms with E-state index in [0.717, 1.165) is 23.2 Å². The van der Waals surface area contributed by atoms with E-state index in [1.807, 2.05) is 32.0 Å². The van der Waals surface area contributed by atoms with Gasteiger partial charge in [-0.15, -0.1) is 0 Å². The third-order valence-electron chi connectivity index (χ3n) is 3.51. The summed E-state index contributed by atoms with van der Waals surface area (Å²) in [6.07, 6.45) is 1.89. The van der Waals surface area contributed by atoms with Gasteiger partial charge in [-0.1, -0.05) is 49.2 Å². The molecule has 2 aromatic rings. The standard InChI is InChI=1S/C16H17Cl2NO/c1-3-15-13(5-4-8-19-15)16(20)10(2)12-7-6-11(17)9-14(12)18/h4-10,16,20H,3H2,1-2H3. The molecule has 0 bridgehead atoms. The minimum absolute atomic E-state index is 0.130. The Hall–Kier alpha value is -1.09. The highest BCUT2D eigenvalue weighted by Gasteiger charge is 2.22. The molecule has 4 heteroatoms. The molecule has 2 nitrogen and oxygen atoms in total. The summed E-state index contributed by atoms with van der Waals surface area (Å²) in [6, 6.07) is 9.10. The normalized spacial score (nSPS) is 14.1. The predicted molar refractivity (Wildman–Crippen MR) is 83.5 cm³/mol. The summed E-state index contributed by atoms with van der Waals surface area (Å²) in [5.74, 6) is -0.130. The third kappa shape index (κ3) is 3.14. The second-order valence-electron chi connectivity index (χ2n) is 4.79. The molecular weight excluding hydrogens is 293 g/mol. The Bertz CT molecular complexity index is 601. The van der Waals surface area contributed by atoms with Crippen LogP contribution < -0.4 is 0 Å². The Morgan fingerprint density at radius 2 is 1.95 bits per heavy atom. The minimum Gasteiger partial charge on any atom is -0.388 e. The zero-order chi connectivity index (χ0) is 14.7. The maximum absolute atomic E-state index is 10.6. The van der Waals surface area contributed by atoms with Crippen molar-refractivity contribution in [2.75, 3.05) is 0 Å². The average molecular weight is 310 g/mol. The molecule has 0 radical (unpaired) electrons. The van der Waals surface area contributed by atoms with E-state index in [2.05, 4.69) is 4.98 Å². The van der Waals surface area contributed by atoms with E-state index in [1.165, 1.54) is 0 Å². The van der Waals surface area contributed by atoms with Crippen LogP contribution in [-0.4, -0.2) is 10.1 Å². The Kier molecular flexibility index (Phi) is 5.03. The Morgan fingerprint density at radius 1 is 1.20 bits per heavy atom. The van der Waals surface area contributed by atoms with E-state index in [0.29, 0.717) is 10.0 Å². The number of aliphatic hydroxyl groups is 1. The van der Waals surface area contributed by atoms with Crippen molar-refractivity contribution in [2.24, 2.45) is 0 Å². The van der Waals surface area contributed by atoms with E-state index >= 15 is 0 Å². The molecule has 1 heterocycles. The van der Waals surface area contributed by atoms with Crippen molar-refractivity contribution >= 4 is 23.2 Å². The van der Waals surface area contributed by atoms with Gasteiger partial charge in [-0.3, -0.25) is 4.98 Å². The number of aryl methyl sites for hydroxylation is 1. The number of hydrogen-bond acceptors (Lipinski definition) is 2. The molecule has 0 saturated carbocycles. The monoisotopic (exact) mass is 309 g/mol. The van der Waals surface area contributed by atoms with E-state index in [-0.39, 0.29) is 5.92 Å². The molecule has 2 unspecified atom stereocenters. The van der Waals surface area contributed by atoms with Crippen LogP contribution in [0.3, 0.4) is 0 Å². The predicted octanol–water partition coefficient (Wildman–Crippen LogP) is 4.79. The molecule has 1 aromatic heterocycles. The molecule has 0 aliphatic carbocycles. The lowest BCUT2D eigenvalue weighted by Gasteiger charge is -2.22. The average Bonchev–Trinajstić information content (AvgIpc) is 2.45. The topological polar surface area (TPSA) is 33.1 Å². The van der Waals surface area contributed by atoms with Gasteiger partial charge in [0.25, 0.3) is 0 Å². The minimum atomic E-state index is -0.641. The number of aliphatic hydroxyl groups excluding tert-OH is 1. The first-order valence-electron chi connectivity index (χ1n) is 6.61. The molecule has 0 amide bonds. The van der Waals surface area contributed by atoms with Crippen LogP contribution in [0.5, 0.6) is 0 Å². The highest BCUT2D eigenvalue weighted by atomic mass is 35.5. The van der Waals surface area contributed by atoms with Gasteiger partial charge in [0.1, 0.15) is 0 Å². The van der Waals surface area contributed by atoms with E-state index < -0.39 is 6.10 Å². The number of rotatable bonds is 4. The Labute approximate surface area is 129 Å². The van der Waals surface area contributed by atoms with Crippen molar-refractivity contribution in [2.45, 2.75) is 32.3 Å². The molecule has 1 N–H and O–H groups in total. The quantitative estimate of drug-likeness (QED) is 0.881. The Morgan fingerprint density at radius 3 is 2.60 bits per heavy atom. The molecule has 0 aliphatic heterocycles. The van der Waals surface area contributed by atoms with Crippen molar-refractivity contribution in [3.63, 3.8) is 0 Å². The summed E-state index contributed by atoms with van der Waals surface area (Å²) < 4.78 is 0. The second kappa shape index (κ2) is 6.57. The maximum Gasteiger partial charge on any atom is 0.0873 e. The molecule has 0 fully saturated rings. The summed E-state index contributed by atoms with van der Waals surface area (Å²) in [6.45, 7) is 3.98. The fourth-order valence-electron chi connectivity index (χ4n) is 2.33. The maximum atomic E-state index is 10.6. The third-order valence-corrected chi connectivity index (χ3v) is 4.07. The summed E-state index contributed by atoms with van der Waals surface area (Å²) in [5.41, 5.74) is 2.65. The first-order chi connectivity index (χ1) is 9.54. The fourth-order valence-corrected chi connectivity index (χ4v) is 2.91. The first-order valence-corrected chi connectivity index (χ1v) is 7.37. The lowest BCUT2D eigenvalue weighted by Crippen LogP contribution is -2.11. The molecular formula is C16H17Cl2NO. The Balaban J connectivity index is 2.34. The van der Waals surface area contributed by atoms with Crippen LogP contribution in [0.15, 0.2) is 36.5 Å². The summed E-state index contributed by atoms with van der Waals surface area (Å²) >= 11 is 12.1. The van der Waals surface area contributed by atoms with Gasteiger partial charge in [-0.2, -0.15) is 0 Å². The van der Waals surface area contributed by atoms with Crippen LogP contribution in [0.1, 0.15) is 42.7 Å². The SMILES string of the molecule is CCc1ncccc1C(O)C(C)c1ccc(Cl)cc1Cl. The van der Waals surface area contributed by atoms with Crippen LogP contribution in [0.2, 0.25) is 10.0 Å². The highest BCUT2D eigenvalue weighted by Crippen LogP contribution is 2.36. The summed E-state index contributed by atoms with van der Waals surface area (Å²) in [5, 5.41) is 11.8. The number of benzene rings is 1. The van der Waals surface area contributed by atoms with Crippen molar-refractivity contribution in [3.8, 4) is 0 Å². The lowest BCUT2D eigenvalue weighted by molar-refractivity contribution is 0.150. The smallest absolute Gasteiger partial charge is 0.0873 e. The van der Waals surface area contributed by atoms with Gasteiger partial charge < -0.3 is 5.11 Å². The number of aromatic nitrogens is 1. The van der Waals surface area contributed by atoms with E-state index in [9.17, 15) is 5.11 Å². The van der Waals surface area contributed by atoms with Crippen LogP contribution >= 0.6 is 23.2 Å². The molecule has 106 valence electrons. The van der Waals surface area contributed by atoms with Crippen LogP contribution in [0.25, 0.3) is 0 Å². The van der Waals surface area contributed by atoms with E-state index in [1.54, 1.807) is 18.3 Å². The molecule has 1 aromatic carbocycles. The molecule has 2 atom stereocenters. The van der Waals surface area contributed by atoms with Crippen molar-refractivity contribution < 1.29 is 5.11 Å². The second-order valence-corrected chi connectivity index (χ2v) is 5.64. The van der Waals surface area contributed by atoms with Gasteiger partial charge in [0.2, 0.25) is 0 Å². The van der Waals surface area contributed by atoms with Gasteiger partial charge in [-0.25, -0.2) is 0 Å². The summed E-state index contributed by atoms with van der Waals surface area (Å²) in [4.78, 5) is 4.32. The van der Waals surface area contributed by atoms with Gasteiger partial charge in [0, 0.05) is 33.4 Å². The van der Waals surface area contributed by atoms with Gasteiger partial charge >= 0.3 is 0 Å². The molecule has 0 spiro atoms. The van der Waals surface area contributed by atoms with Crippen molar-refractivity contribution in [1.29, 1.82) is 0 Å². The zero-order valence-corrected chi connectivity index (χ0v) is 13.0. The van der Waals surface area contributed by atoms with Crippen LogP contribution in [0, 0.1) is 0 Å². The van der Waals surface area contributed by atoms with Gasteiger partial charge in [0.15, 0.2) is 0 Å². The van der Waals surface area contributed by atoms with Crippen molar-refractivity contribution in [3.05, 3.63) is 63.4 Å².